The largest absolute Gasteiger partial charge is 0.455 e. The van der Waals surface area contributed by atoms with Crippen LogP contribution in [0.25, 0.3) is 71.3 Å². The van der Waals surface area contributed by atoms with E-state index in [2.05, 4.69) is 120 Å². The maximum atomic E-state index is 6.35. The van der Waals surface area contributed by atoms with Crippen molar-refractivity contribution in [1.82, 2.24) is 4.57 Å². The van der Waals surface area contributed by atoms with Crippen LogP contribution >= 0.6 is 0 Å². The van der Waals surface area contributed by atoms with Crippen LogP contribution in [0, 0.1) is 0 Å². The van der Waals surface area contributed by atoms with E-state index in [1.165, 1.54) is 38.3 Å². The molecule has 0 N–H and O–H groups in total. The lowest BCUT2D eigenvalue weighted by molar-refractivity contribution is 0.670. The highest BCUT2D eigenvalue weighted by Gasteiger charge is 2.16. The molecule has 0 atom stereocenters. The molecule has 0 bridgehead atoms. The number of hydrogen-bond donors (Lipinski definition) is 0. The zero-order chi connectivity index (χ0) is 23.6. The summed E-state index contributed by atoms with van der Waals surface area (Å²) in [6.07, 6.45) is 0. The molecule has 0 saturated heterocycles. The summed E-state index contributed by atoms with van der Waals surface area (Å²) in [5.74, 6) is 0. The van der Waals surface area contributed by atoms with Gasteiger partial charge in [-0.05, 0) is 52.7 Å². The summed E-state index contributed by atoms with van der Waals surface area (Å²) < 4.78 is 8.73. The van der Waals surface area contributed by atoms with Gasteiger partial charge in [-0.2, -0.15) is 0 Å². The normalized spacial score (nSPS) is 11.9. The van der Waals surface area contributed by atoms with Gasteiger partial charge in [0.1, 0.15) is 11.2 Å². The third-order valence-corrected chi connectivity index (χ3v) is 7.38. The van der Waals surface area contributed by atoms with Gasteiger partial charge in [0.25, 0.3) is 0 Å². The highest BCUT2D eigenvalue weighted by Crippen LogP contribution is 2.39. The molecule has 8 aromatic rings. The van der Waals surface area contributed by atoms with E-state index in [1.807, 2.05) is 12.1 Å². The first-order valence-electron chi connectivity index (χ1n) is 12.3. The number of para-hydroxylation sites is 3. The van der Waals surface area contributed by atoms with Gasteiger partial charge in [0, 0.05) is 32.8 Å². The van der Waals surface area contributed by atoms with Crippen molar-refractivity contribution in [1.29, 1.82) is 0 Å². The molecule has 2 heteroatoms. The van der Waals surface area contributed by atoms with Crippen molar-refractivity contribution in [2.45, 2.75) is 0 Å². The highest BCUT2D eigenvalue weighted by molar-refractivity contribution is 6.13. The number of fused-ring (bicyclic) bond motifs is 7. The molecule has 8 rings (SSSR count). The van der Waals surface area contributed by atoms with Crippen LogP contribution in [0.15, 0.2) is 132 Å². The van der Waals surface area contributed by atoms with E-state index in [4.69, 9.17) is 4.42 Å². The molecule has 2 nitrogen and oxygen atoms in total. The Morgan fingerprint density at radius 2 is 1.22 bits per heavy atom. The van der Waals surface area contributed by atoms with Gasteiger partial charge in [-0.1, -0.05) is 91.0 Å². The quantitative estimate of drug-likeness (QED) is 0.252. The van der Waals surface area contributed by atoms with Crippen LogP contribution in [0.4, 0.5) is 0 Å². The zero-order valence-corrected chi connectivity index (χ0v) is 19.5. The molecule has 2 aromatic heterocycles. The van der Waals surface area contributed by atoms with Crippen molar-refractivity contribution < 1.29 is 4.42 Å². The number of rotatable bonds is 2. The number of hydrogen-bond acceptors (Lipinski definition) is 1. The lowest BCUT2D eigenvalue weighted by atomic mass is 10.0. The molecule has 0 fully saturated rings. The number of aromatic nitrogens is 1. The predicted molar refractivity (Wildman–Crippen MR) is 151 cm³/mol. The molecule has 36 heavy (non-hydrogen) atoms. The minimum absolute atomic E-state index is 0.925. The van der Waals surface area contributed by atoms with Gasteiger partial charge in [-0.25, -0.2) is 0 Å². The third-order valence-electron chi connectivity index (χ3n) is 7.38. The molecule has 0 saturated carbocycles. The van der Waals surface area contributed by atoms with Crippen molar-refractivity contribution in [2.75, 3.05) is 0 Å². The van der Waals surface area contributed by atoms with E-state index in [1.54, 1.807) is 0 Å². The molecule has 0 aliphatic heterocycles. The lowest BCUT2D eigenvalue weighted by Crippen LogP contribution is -1.93. The van der Waals surface area contributed by atoms with Crippen molar-refractivity contribution >= 4 is 54.5 Å². The molecule has 0 spiro atoms. The molecular formula is C34H21NO. The Balaban J connectivity index is 1.40. The summed E-state index contributed by atoms with van der Waals surface area (Å²) >= 11 is 0. The Kier molecular flexibility index (Phi) is 3.97. The standard InChI is InChI=1S/C34H21NO/c1-2-9-23-20-25(18-16-22(23)8-1)35-31-14-5-3-10-27(31)30-21-24(17-19-32(30)35)26-12-7-13-29-28-11-4-6-15-33(28)36-34(26)29/h1-21H. The first kappa shape index (κ1) is 19.5. The number of nitrogens with zero attached hydrogens (tertiary/aromatic N) is 1. The second kappa shape index (κ2) is 7.34. The monoisotopic (exact) mass is 459 g/mol. The van der Waals surface area contributed by atoms with E-state index >= 15 is 0 Å². The average Bonchev–Trinajstić information content (AvgIpc) is 3.48. The van der Waals surface area contributed by atoms with E-state index < -0.39 is 0 Å². The van der Waals surface area contributed by atoms with Crippen LogP contribution in [0.5, 0.6) is 0 Å². The molecule has 168 valence electrons. The third kappa shape index (κ3) is 2.73. The van der Waals surface area contributed by atoms with Crippen molar-refractivity contribution in [3.8, 4) is 16.8 Å². The molecule has 2 heterocycles. The second-order valence-electron chi connectivity index (χ2n) is 9.40. The summed E-state index contributed by atoms with van der Waals surface area (Å²) in [6, 6.07) is 45.4. The van der Waals surface area contributed by atoms with Gasteiger partial charge in [0.2, 0.25) is 0 Å². The summed E-state index contributed by atoms with van der Waals surface area (Å²) in [6.45, 7) is 0. The van der Waals surface area contributed by atoms with E-state index in [0.717, 1.165) is 33.1 Å². The van der Waals surface area contributed by atoms with Crippen LogP contribution in [-0.4, -0.2) is 4.57 Å². The van der Waals surface area contributed by atoms with Crippen LogP contribution in [0.1, 0.15) is 0 Å². The Labute approximate surface area is 207 Å². The van der Waals surface area contributed by atoms with Gasteiger partial charge in [-0.3, -0.25) is 0 Å². The maximum Gasteiger partial charge on any atom is 0.143 e. The Hall–Kier alpha value is -4.82. The minimum Gasteiger partial charge on any atom is -0.455 e. The van der Waals surface area contributed by atoms with E-state index in [-0.39, 0.29) is 0 Å². The van der Waals surface area contributed by atoms with Gasteiger partial charge in [-0.15, -0.1) is 0 Å². The average molecular weight is 460 g/mol. The fraction of sp³-hybridized carbons (Fsp3) is 0. The van der Waals surface area contributed by atoms with Gasteiger partial charge in [0.15, 0.2) is 0 Å². The van der Waals surface area contributed by atoms with Crippen molar-refractivity contribution in [3.63, 3.8) is 0 Å². The molecule has 0 amide bonds. The number of furan rings is 1. The lowest BCUT2D eigenvalue weighted by Gasteiger charge is -2.10. The zero-order valence-electron chi connectivity index (χ0n) is 19.5. The first-order valence-corrected chi connectivity index (χ1v) is 12.3. The number of benzene rings is 6. The second-order valence-corrected chi connectivity index (χ2v) is 9.40. The summed E-state index contributed by atoms with van der Waals surface area (Å²) in [5.41, 5.74) is 7.73. The van der Waals surface area contributed by atoms with Gasteiger partial charge >= 0.3 is 0 Å². The predicted octanol–water partition coefficient (Wildman–Crippen LogP) is 9.50. The molecule has 0 aliphatic carbocycles. The fourth-order valence-corrected chi connectivity index (χ4v) is 5.71. The maximum absolute atomic E-state index is 6.35. The van der Waals surface area contributed by atoms with Crippen LogP contribution in [0.2, 0.25) is 0 Å². The van der Waals surface area contributed by atoms with Crippen molar-refractivity contribution in [3.05, 3.63) is 127 Å². The van der Waals surface area contributed by atoms with Gasteiger partial charge < -0.3 is 8.98 Å². The smallest absolute Gasteiger partial charge is 0.143 e. The topological polar surface area (TPSA) is 18.1 Å². The van der Waals surface area contributed by atoms with Gasteiger partial charge in [0.05, 0.1) is 11.0 Å². The Bertz CT molecular complexity index is 2110. The van der Waals surface area contributed by atoms with Crippen LogP contribution in [0.3, 0.4) is 0 Å². The fourth-order valence-electron chi connectivity index (χ4n) is 5.71. The molecule has 0 unspecified atom stereocenters. The minimum atomic E-state index is 0.925. The summed E-state index contributed by atoms with van der Waals surface area (Å²) in [5, 5.41) is 7.30. The SMILES string of the molecule is c1ccc2cc(-n3c4ccccc4c4cc(-c5cccc6c5oc5ccccc56)ccc43)ccc2c1. The molecule has 0 aliphatic rings. The highest BCUT2D eigenvalue weighted by atomic mass is 16.3. The first-order chi connectivity index (χ1) is 17.8. The molecule has 6 aromatic carbocycles. The molecular weight excluding hydrogens is 438 g/mol. The Morgan fingerprint density at radius 3 is 2.17 bits per heavy atom. The summed E-state index contributed by atoms with van der Waals surface area (Å²) in [7, 11) is 0. The van der Waals surface area contributed by atoms with Crippen LogP contribution < -0.4 is 0 Å². The Morgan fingerprint density at radius 1 is 0.472 bits per heavy atom. The molecule has 0 radical (unpaired) electrons. The van der Waals surface area contributed by atoms with E-state index in [0.29, 0.717) is 0 Å². The van der Waals surface area contributed by atoms with Crippen molar-refractivity contribution in [2.24, 2.45) is 0 Å². The summed E-state index contributed by atoms with van der Waals surface area (Å²) in [4.78, 5) is 0. The van der Waals surface area contributed by atoms with E-state index in [9.17, 15) is 0 Å². The van der Waals surface area contributed by atoms with Crippen LogP contribution in [-0.2, 0) is 0 Å².